The summed E-state index contributed by atoms with van der Waals surface area (Å²) in [5, 5.41) is 9.26. The second kappa shape index (κ2) is 11.1. The molecule has 0 radical (unpaired) electrons. The lowest BCUT2D eigenvalue weighted by Gasteiger charge is -2.32. The molecule has 1 aliphatic carbocycles. The molecule has 39 heavy (non-hydrogen) atoms. The summed E-state index contributed by atoms with van der Waals surface area (Å²) >= 11 is 0. The number of aryl methyl sites for hydroxylation is 1. The van der Waals surface area contributed by atoms with E-state index in [9.17, 15) is 4.79 Å². The van der Waals surface area contributed by atoms with Crippen molar-refractivity contribution in [3.8, 4) is 11.8 Å². The van der Waals surface area contributed by atoms with E-state index < -0.39 is 0 Å². The summed E-state index contributed by atoms with van der Waals surface area (Å²) in [4.78, 5) is 18.3. The van der Waals surface area contributed by atoms with E-state index in [2.05, 4.69) is 57.1 Å². The molecule has 6 rings (SSSR count). The summed E-state index contributed by atoms with van der Waals surface area (Å²) in [5.74, 6) is 7.33. The molecular formula is C34H34N4O. The number of hydrogen-bond donors (Lipinski definition) is 0. The highest BCUT2D eigenvalue weighted by Gasteiger charge is 2.27. The van der Waals surface area contributed by atoms with E-state index in [1.807, 2.05) is 49.4 Å². The van der Waals surface area contributed by atoms with Crippen molar-refractivity contribution in [3.63, 3.8) is 0 Å². The van der Waals surface area contributed by atoms with Crippen LogP contribution in [0.15, 0.2) is 66.9 Å². The van der Waals surface area contributed by atoms with Gasteiger partial charge in [0, 0.05) is 55.7 Å². The first-order chi connectivity index (χ1) is 19.0. The van der Waals surface area contributed by atoms with Crippen molar-refractivity contribution >= 4 is 16.7 Å². The van der Waals surface area contributed by atoms with Gasteiger partial charge >= 0.3 is 0 Å². The zero-order valence-electron chi connectivity index (χ0n) is 22.8. The first kappa shape index (κ1) is 25.4. The van der Waals surface area contributed by atoms with Gasteiger partial charge in [-0.3, -0.25) is 9.69 Å². The first-order valence-electron chi connectivity index (χ1n) is 13.9. The number of nitrogens with zero attached hydrogens (tertiary/aromatic N) is 4. The highest BCUT2D eigenvalue weighted by Crippen LogP contribution is 2.42. The van der Waals surface area contributed by atoms with E-state index in [4.69, 9.17) is 0 Å². The Morgan fingerprint density at radius 2 is 1.74 bits per heavy atom. The van der Waals surface area contributed by atoms with Crippen molar-refractivity contribution in [2.45, 2.75) is 38.6 Å². The summed E-state index contributed by atoms with van der Waals surface area (Å²) in [6, 6.07) is 20.5. The summed E-state index contributed by atoms with van der Waals surface area (Å²) in [6.45, 7) is 7.54. The van der Waals surface area contributed by atoms with Crippen molar-refractivity contribution < 1.29 is 4.79 Å². The van der Waals surface area contributed by atoms with Crippen molar-refractivity contribution in [3.05, 3.63) is 106 Å². The predicted octanol–water partition coefficient (Wildman–Crippen LogP) is 5.39. The van der Waals surface area contributed by atoms with Crippen LogP contribution in [0.3, 0.4) is 0 Å². The molecule has 2 heterocycles. The second-order valence-corrected chi connectivity index (χ2v) is 11.0. The van der Waals surface area contributed by atoms with Gasteiger partial charge in [0.15, 0.2) is 5.78 Å². The maximum absolute atomic E-state index is 13.4. The van der Waals surface area contributed by atoms with E-state index >= 15 is 0 Å². The monoisotopic (exact) mass is 514 g/mol. The van der Waals surface area contributed by atoms with Gasteiger partial charge in [-0.2, -0.15) is 10.2 Å². The number of benzene rings is 3. The fraction of sp³-hybridized carbons (Fsp3) is 0.324. The predicted molar refractivity (Wildman–Crippen MR) is 156 cm³/mol. The maximum atomic E-state index is 13.4. The third-order valence-corrected chi connectivity index (χ3v) is 8.02. The lowest BCUT2D eigenvalue weighted by molar-refractivity contribution is 0.0993. The maximum Gasteiger partial charge on any atom is 0.167 e. The number of fused-ring (bicyclic) bond motifs is 1. The lowest BCUT2D eigenvalue weighted by Crippen LogP contribution is -2.44. The summed E-state index contributed by atoms with van der Waals surface area (Å²) in [5.41, 5.74) is 8.27. The molecule has 5 heteroatoms. The van der Waals surface area contributed by atoms with Gasteiger partial charge in [-0.25, -0.2) is 0 Å². The zero-order chi connectivity index (χ0) is 26.8. The average molecular weight is 515 g/mol. The Kier molecular flexibility index (Phi) is 7.24. The molecule has 1 aromatic heterocycles. The summed E-state index contributed by atoms with van der Waals surface area (Å²) in [6.07, 6.45) is 4.62. The van der Waals surface area contributed by atoms with Crippen LogP contribution in [0.5, 0.6) is 0 Å². The smallest absolute Gasteiger partial charge is 0.167 e. The number of carbonyl (C=O) groups is 1. The molecule has 0 unspecified atom stereocenters. The van der Waals surface area contributed by atoms with Crippen molar-refractivity contribution in [1.82, 2.24) is 20.0 Å². The van der Waals surface area contributed by atoms with Crippen molar-refractivity contribution in [2.24, 2.45) is 0 Å². The Morgan fingerprint density at radius 1 is 0.949 bits per heavy atom. The number of piperazine rings is 1. The molecule has 0 atom stereocenters. The van der Waals surface area contributed by atoms with Crippen LogP contribution in [0, 0.1) is 18.8 Å². The lowest BCUT2D eigenvalue weighted by atomic mass is 9.94. The number of Topliss-reactive ketones (excluding diaryl/α,β-unsaturated/α-hetero) is 1. The van der Waals surface area contributed by atoms with Crippen molar-refractivity contribution in [1.29, 1.82) is 0 Å². The third-order valence-electron chi connectivity index (χ3n) is 8.02. The standard InChI is InChI=1S/C34H34N4O/c1-24-7-9-28(21-27(24)13-14-29-22-35-36-33-6-4-3-5-31(29)33)34(39)20-25-8-10-30(32(19-25)26-11-12-26)23-38-17-15-37(2)16-18-38/h3-10,19,21-22,26H,11-12,15-18,20,23H2,1-2H3. The molecule has 196 valence electrons. The van der Waals surface area contributed by atoms with E-state index in [1.54, 1.807) is 6.20 Å². The molecule has 1 aliphatic heterocycles. The van der Waals surface area contributed by atoms with Crippen molar-refractivity contribution in [2.75, 3.05) is 33.2 Å². The van der Waals surface area contributed by atoms with Gasteiger partial charge in [-0.05, 0) is 67.1 Å². The molecule has 1 saturated heterocycles. The number of ketones is 1. The molecule has 1 saturated carbocycles. The van der Waals surface area contributed by atoms with Gasteiger partial charge in [-0.15, -0.1) is 0 Å². The minimum absolute atomic E-state index is 0.127. The zero-order valence-corrected chi connectivity index (χ0v) is 22.8. The topological polar surface area (TPSA) is 49.3 Å². The van der Waals surface area contributed by atoms with Gasteiger partial charge in [-0.1, -0.05) is 60.4 Å². The Morgan fingerprint density at radius 3 is 2.56 bits per heavy atom. The van der Waals surface area contributed by atoms with Crippen LogP contribution >= 0.6 is 0 Å². The Bertz CT molecular complexity index is 1580. The van der Waals surface area contributed by atoms with E-state index in [-0.39, 0.29) is 5.78 Å². The number of hydrogen-bond acceptors (Lipinski definition) is 5. The van der Waals surface area contributed by atoms with E-state index in [0.717, 1.165) is 65.9 Å². The molecule has 0 bridgehead atoms. The summed E-state index contributed by atoms with van der Waals surface area (Å²) < 4.78 is 0. The Labute approximate surface area is 230 Å². The van der Waals surface area contributed by atoms with Crippen LogP contribution in [0.1, 0.15) is 62.5 Å². The number of rotatable bonds is 6. The van der Waals surface area contributed by atoms with Gasteiger partial charge < -0.3 is 4.90 Å². The van der Waals surface area contributed by atoms with Gasteiger partial charge in [0.1, 0.15) is 0 Å². The van der Waals surface area contributed by atoms with Gasteiger partial charge in [0.2, 0.25) is 0 Å². The molecule has 5 nitrogen and oxygen atoms in total. The van der Waals surface area contributed by atoms with Crippen LogP contribution in [-0.4, -0.2) is 59.0 Å². The quantitative estimate of drug-likeness (QED) is 0.255. The molecule has 2 aliphatic rings. The second-order valence-electron chi connectivity index (χ2n) is 11.0. The fourth-order valence-corrected chi connectivity index (χ4v) is 5.38. The highest BCUT2D eigenvalue weighted by atomic mass is 16.1. The van der Waals surface area contributed by atoms with E-state index in [0.29, 0.717) is 17.9 Å². The third kappa shape index (κ3) is 5.93. The Hall–Kier alpha value is -3.85. The SMILES string of the molecule is Cc1ccc(C(=O)Cc2ccc(CN3CCN(C)CC3)c(C3CC3)c2)cc1C#Cc1cnnc2ccccc12. The van der Waals surface area contributed by atoms with Crippen LogP contribution in [0.25, 0.3) is 10.9 Å². The van der Waals surface area contributed by atoms with Crippen LogP contribution in [0.2, 0.25) is 0 Å². The largest absolute Gasteiger partial charge is 0.304 e. The minimum Gasteiger partial charge on any atom is -0.304 e. The van der Waals surface area contributed by atoms with Crippen LogP contribution in [0.4, 0.5) is 0 Å². The summed E-state index contributed by atoms with van der Waals surface area (Å²) in [7, 11) is 2.20. The van der Waals surface area contributed by atoms with Gasteiger partial charge in [0.25, 0.3) is 0 Å². The molecule has 4 aromatic rings. The number of aromatic nitrogens is 2. The normalized spacial score (nSPS) is 16.2. The van der Waals surface area contributed by atoms with Crippen LogP contribution in [-0.2, 0) is 13.0 Å². The minimum atomic E-state index is 0.127. The first-order valence-corrected chi connectivity index (χ1v) is 13.9. The van der Waals surface area contributed by atoms with Gasteiger partial charge in [0.05, 0.1) is 17.3 Å². The molecule has 3 aromatic carbocycles. The molecular weight excluding hydrogens is 480 g/mol. The Balaban J connectivity index is 1.20. The van der Waals surface area contributed by atoms with Crippen LogP contribution < -0.4 is 0 Å². The molecule has 2 fully saturated rings. The highest BCUT2D eigenvalue weighted by molar-refractivity contribution is 5.98. The average Bonchev–Trinajstić information content (AvgIpc) is 3.80. The molecule has 0 amide bonds. The van der Waals surface area contributed by atoms with E-state index in [1.165, 1.54) is 24.0 Å². The number of carbonyl (C=O) groups excluding carboxylic acids is 1. The number of likely N-dealkylation sites (N-methyl/N-ethyl adjacent to an activating group) is 1. The molecule has 0 N–H and O–H groups in total. The fourth-order valence-electron chi connectivity index (χ4n) is 5.38. The molecule has 0 spiro atoms.